The van der Waals surface area contributed by atoms with Crippen LogP contribution in [0.25, 0.3) is 0 Å². The maximum atomic E-state index is 12.3. The molecule has 0 aliphatic heterocycles. The molecule has 0 aliphatic carbocycles. The number of aliphatic hydroxyl groups excluding tert-OH is 2. The third-order valence-electron chi connectivity index (χ3n) is 9.31. The lowest BCUT2D eigenvalue weighted by Gasteiger charge is -2.20. The van der Waals surface area contributed by atoms with Crippen LogP contribution in [0.4, 0.5) is 0 Å². The van der Waals surface area contributed by atoms with Gasteiger partial charge in [-0.05, 0) is 57.8 Å². The molecule has 2 unspecified atom stereocenters. The molecule has 0 aromatic carbocycles. The van der Waals surface area contributed by atoms with Crippen LogP contribution in [0, 0.1) is 0 Å². The first-order valence-corrected chi connectivity index (χ1v) is 20.9. The van der Waals surface area contributed by atoms with E-state index in [2.05, 4.69) is 55.6 Å². The Morgan fingerprint density at radius 1 is 0.500 bits per heavy atom. The van der Waals surface area contributed by atoms with Gasteiger partial charge in [0.05, 0.1) is 18.8 Å². The molecule has 4 nitrogen and oxygen atoms in total. The first-order valence-electron chi connectivity index (χ1n) is 20.9. The molecule has 0 rings (SSSR count). The predicted octanol–water partition coefficient (Wildman–Crippen LogP) is 12.8. The van der Waals surface area contributed by atoms with Gasteiger partial charge in [0.15, 0.2) is 0 Å². The Morgan fingerprint density at radius 2 is 0.854 bits per heavy atom. The number of hydrogen-bond donors (Lipinski definition) is 3. The third-order valence-corrected chi connectivity index (χ3v) is 9.31. The summed E-state index contributed by atoms with van der Waals surface area (Å²) in [5.74, 6) is -0.0702. The third kappa shape index (κ3) is 35.7. The van der Waals surface area contributed by atoms with Crippen molar-refractivity contribution in [1.29, 1.82) is 0 Å². The van der Waals surface area contributed by atoms with Gasteiger partial charge in [-0.2, -0.15) is 0 Å². The molecule has 0 aromatic heterocycles. The van der Waals surface area contributed by atoms with Gasteiger partial charge in [-0.25, -0.2) is 0 Å². The molecule has 0 radical (unpaired) electrons. The van der Waals surface area contributed by atoms with Gasteiger partial charge in [-0.3, -0.25) is 4.79 Å². The van der Waals surface area contributed by atoms with E-state index in [9.17, 15) is 15.0 Å². The minimum atomic E-state index is -0.837. The molecule has 4 heteroatoms. The molecule has 0 saturated carbocycles. The lowest BCUT2D eigenvalue weighted by Crippen LogP contribution is -2.45. The van der Waals surface area contributed by atoms with E-state index in [1.165, 1.54) is 148 Å². The highest BCUT2D eigenvalue weighted by molar-refractivity contribution is 5.76. The topological polar surface area (TPSA) is 69.6 Å². The number of rotatable bonds is 37. The summed E-state index contributed by atoms with van der Waals surface area (Å²) in [6, 6.07) is -0.621. The largest absolute Gasteiger partial charge is 0.394 e. The molecule has 3 N–H and O–H groups in total. The fourth-order valence-electron chi connectivity index (χ4n) is 6.07. The molecule has 1 amide bonds. The number of hydrogen-bond acceptors (Lipinski definition) is 3. The van der Waals surface area contributed by atoms with Crippen LogP contribution < -0.4 is 5.32 Å². The quantitative estimate of drug-likeness (QED) is 0.0455. The van der Waals surface area contributed by atoms with E-state index in [0.717, 1.165) is 38.5 Å². The summed E-state index contributed by atoms with van der Waals surface area (Å²) in [4.78, 5) is 12.3. The van der Waals surface area contributed by atoms with Gasteiger partial charge in [-0.15, -0.1) is 0 Å². The van der Waals surface area contributed by atoms with Crippen molar-refractivity contribution in [2.75, 3.05) is 6.61 Å². The minimum absolute atomic E-state index is 0.0702. The number of carbonyl (C=O) groups is 1. The molecule has 0 spiro atoms. The van der Waals surface area contributed by atoms with Crippen LogP contribution in [0.15, 0.2) is 48.6 Å². The Balaban J connectivity index is 3.52. The van der Waals surface area contributed by atoms with Crippen molar-refractivity contribution in [3.05, 3.63) is 48.6 Å². The van der Waals surface area contributed by atoms with Crippen molar-refractivity contribution in [3.63, 3.8) is 0 Å². The Bertz CT molecular complexity index is 771. The molecule has 0 heterocycles. The number of amides is 1. The van der Waals surface area contributed by atoms with Crippen LogP contribution in [0.3, 0.4) is 0 Å². The number of aliphatic hydroxyl groups is 2. The van der Waals surface area contributed by atoms with Gasteiger partial charge in [0.25, 0.3) is 0 Å². The smallest absolute Gasteiger partial charge is 0.220 e. The standard InChI is InChI=1S/C44H81NO3/c1-3-5-7-9-11-13-14-15-16-17-18-19-20-21-22-23-24-25-26-27-28-29-30-32-34-36-38-40-44(48)45-42(41-46)43(47)39-37-35-33-31-12-10-8-6-4-2/h14-15,17-18,20-21,37,39,42-43,46-47H,3-13,16,19,22-36,38,40-41H2,1-2H3,(H,45,48)/b15-14-,18-17-,21-20-,39-37+. The maximum absolute atomic E-state index is 12.3. The highest BCUT2D eigenvalue weighted by Crippen LogP contribution is 2.14. The monoisotopic (exact) mass is 672 g/mol. The second-order valence-electron chi connectivity index (χ2n) is 14.1. The van der Waals surface area contributed by atoms with Crippen LogP contribution >= 0.6 is 0 Å². The van der Waals surface area contributed by atoms with Crippen LogP contribution in [-0.4, -0.2) is 34.9 Å². The molecule has 0 aromatic rings. The van der Waals surface area contributed by atoms with Crippen molar-refractivity contribution in [1.82, 2.24) is 5.32 Å². The van der Waals surface area contributed by atoms with Crippen molar-refractivity contribution in [3.8, 4) is 0 Å². The van der Waals surface area contributed by atoms with Crippen molar-refractivity contribution < 1.29 is 15.0 Å². The van der Waals surface area contributed by atoms with E-state index < -0.39 is 12.1 Å². The lowest BCUT2D eigenvalue weighted by atomic mass is 10.0. The highest BCUT2D eigenvalue weighted by Gasteiger charge is 2.17. The van der Waals surface area contributed by atoms with E-state index in [-0.39, 0.29) is 12.5 Å². The first kappa shape index (κ1) is 46.4. The molecule has 0 fully saturated rings. The SMILES string of the molecule is CCCCCCC/C=C\C/C=C\C/C=C\CCCCCCCCCCCCCCC(=O)NC(CO)C(O)/C=C/CCCCCCCCC. The van der Waals surface area contributed by atoms with E-state index in [1.807, 2.05) is 6.08 Å². The molecule has 280 valence electrons. The fourth-order valence-corrected chi connectivity index (χ4v) is 6.07. The fraction of sp³-hybridized carbons (Fsp3) is 0.795. The first-order chi connectivity index (χ1) is 23.7. The number of nitrogens with one attached hydrogen (secondary N) is 1. The molecule has 48 heavy (non-hydrogen) atoms. The Morgan fingerprint density at radius 3 is 1.27 bits per heavy atom. The zero-order chi connectivity index (χ0) is 35.0. The van der Waals surface area contributed by atoms with Crippen molar-refractivity contribution >= 4 is 5.91 Å². The molecular weight excluding hydrogens is 590 g/mol. The Hall–Kier alpha value is -1.65. The number of carbonyl (C=O) groups excluding carboxylic acids is 1. The normalized spacial score (nSPS) is 13.5. The lowest BCUT2D eigenvalue weighted by molar-refractivity contribution is -0.123. The van der Waals surface area contributed by atoms with Crippen LogP contribution in [-0.2, 0) is 4.79 Å². The van der Waals surface area contributed by atoms with Gasteiger partial charge in [0, 0.05) is 6.42 Å². The molecule has 0 bridgehead atoms. The Labute approximate surface area is 299 Å². The van der Waals surface area contributed by atoms with Gasteiger partial charge in [-0.1, -0.05) is 191 Å². The summed E-state index contributed by atoms with van der Waals surface area (Å²) in [5.41, 5.74) is 0. The highest BCUT2D eigenvalue weighted by atomic mass is 16.3. The second-order valence-corrected chi connectivity index (χ2v) is 14.1. The summed E-state index contributed by atoms with van der Waals surface area (Å²) in [6.45, 7) is 4.26. The summed E-state index contributed by atoms with van der Waals surface area (Å²) >= 11 is 0. The summed E-state index contributed by atoms with van der Waals surface area (Å²) in [5, 5.41) is 22.8. The van der Waals surface area contributed by atoms with E-state index in [0.29, 0.717) is 6.42 Å². The minimum Gasteiger partial charge on any atom is -0.394 e. The molecule has 0 aliphatic rings. The average molecular weight is 672 g/mol. The van der Waals surface area contributed by atoms with Crippen molar-refractivity contribution in [2.24, 2.45) is 0 Å². The van der Waals surface area contributed by atoms with Gasteiger partial charge in [0.1, 0.15) is 0 Å². The number of unbranched alkanes of at least 4 members (excludes halogenated alkanes) is 24. The molecule has 0 saturated heterocycles. The second kappa shape index (κ2) is 39.8. The van der Waals surface area contributed by atoms with Gasteiger partial charge < -0.3 is 15.5 Å². The Kier molecular flexibility index (Phi) is 38.4. The predicted molar refractivity (Wildman–Crippen MR) is 211 cm³/mol. The molecular formula is C44H81NO3. The van der Waals surface area contributed by atoms with E-state index in [1.54, 1.807) is 6.08 Å². The van der Waals surface area contributed by atoms with Gasteiger partial charge in [0.2, 0.25) is 5.91 Å². The summed E-state index contributed by atoms with van der Waals surface area (Å²) in [6.07, 6.45) is 53.6. The number of allylic oxidation sites excluding steroid dienone is 7. The van der Waals surface area contributed by atoms with Crippen LogP contribution in [0.2, 0.25) is 0 Å². The van der Waals surface area contributed by atoms with Crippen molar-refractivity contribution in [2.45, 2.75) is 219 Å². The summed E-state index contributed by atoms with van der Waals surface area (Å²) < 4.78 is 0. The zero-order valence-electron chi connectivity index (χ0n) is 32.0. The van der Waals surface area contributed by atoms with Crippen LogP contribution in [0.5, 0.6) is 0 Å². The summed E-state index contributed by atoms with van der Waals surface area (Å²) in [7, 11) is 0. The average Bonchev–Trinajstić information content (AvgIpc) is 3.09. The van der Waals surface area contributed by atoms with Crippen LogP contribution in [0.1, 0.15) is 206 Å². The zero-order valence-corrected chi connectivity index (χ0v) is 32.0. The van der Waals surface area contributed by atoms with E-state index in [4.69, 9.17) is 0 Å². The van der Waals surface area contributed by atoms with E-state index >= 15 is 0 Å². The molecule has 2 atom stereocenters. The maximum Gasteiger partial charge on any atom is 0.220 e. The van der Waals surface area contributed by atoms with Gasteiger partial charge >= 0.3 is 0 Å².